The SMILES string of the molecule is CC(C)[C@@H]1CN(C(=O)C2=Cc3ccccc3OC=C2)C[C@H]1NC(=O)N(C)C. The van der Waals surface area contributed by atoms with Gasteiger partial charge in [-0.3, -0.25) is 4.79 Å². The van der Waals surface area contributed by atoms with Gasteiger partial charge in [0.2, 0.25) is 0 Å². The highest BCUT2D eigenvalue weighted by Crippen LogP contribution is 2.29. The van der Waals surface area contributed by atoms with E-state index in [0.29, 0.717) is 24.6 Å². The summed E-state index contributed by atoms with van der Waals surface area (Å²) in [5, 5.41) is 3.06. The van der Waals surface area contributed by atoms with Gasteiger partial charge in [0.05, 0.1) is 12.3 Å². The highest BCUT2D eigenvalue weighted by Gasteiger charge is 2.38. The number of para-hydroxylation sites is 1. The van der Waals surface area contributed by atoms with Gasteiger partial charge in [0.25, 0.3) is 5.91 Å². The second kappa shape index (κ2) is 7.86. The van der Waals surface area contributed by atoms with E-state index < -0.39 is 0 Å². The lowest BCUT2D eigenvalue weighted by Crippen LogP contribution is -2.46. The molecular formula is C21H27N3O3. The van der Waals surface area contributed by atoms with E-state index in [9.17, 15) is 9.59 Å². The van der Waals surface area contributed by atoms with Crippen molar-refractivity contribution in [1.29, 1.82) is 0 Å². The van der Waals surface area contributed by atoms with Gasteiger partial charge in [0.15, 0.2) is 0 Å². The Balaban J connectivity index is 1.79. The zero-order valence-corrected chi connectivity index (χ0v) is 16.3. The summed E-state index contributed by atoms with van der Waals surface area (Å²) < 4.78 is 5.59. The van der Waals surface area contributed by atoms with Gasteiger partial charge < -0.3 is 19.9 Å². The molecule has 0 spiro atoms. The molecular weight excluding hydrogens is 342 g/mol. The molecule has 0 bridgehead atoms. The molecule has 3 rings (SSSR count). The first-order valence-electron chi connectivity index (χ1n) is 9.28. The van der Waals surface area contributed by atoms with Crippen LogP contribution in [-0.2, 0) is 4.79 Å². The monoisotopic (exact) mass is 369 g/mol. The largest absolute Gasteiger partial charge is 0.464 e. The van der Waals surface area contributed by atoms with Crippen molar-refractivity contribution in [3.05, 3.63) is 47.7 Å². The van der Waals surface area contributed by atoms with Gasteiger partial charge in [0, 0.05) is 44.2 Å². The number of carbonyl (C=O) groups excluding carboxylic acids is 2. The van der Waals surface area contributed by atoms with E-state index in [1.165, 1.54) is 4.90 Å². The number of urea groups is 1. The number of benzene rings is 1. The van der Waals surface area contributed by atoms with Crippen molar-refractivity contribution in [3.63, 3.8) is 0 Å². The molecule has 6 nitrogen and oxygen atoms in total. The Labute approximate surface area is 160 Å². The average Bonchev–Trinajstić information content (AvgIpc) is 2.93. The van der Waals surface area contributed by atoms with Crippen molar-refractivity contribution in [2.45, 2.75) is 19.9 Å². The third-order valence-corrected chi connectivity index (χ3v) is 5.14. The normalized spacial score (nSPS) is 21.2. The zero-order valence-electron chi connectivity index (χ0n) is 16.3. The third-order valence-electron chi connectivity index (χ3n) is 5.14. The first-order valence-corrected chi connectivity index (χ1v) is 9.28. The van der Waals surface area contributed by atoms with Crippen LogP contribution in [0.4, 0.5) is 4.79 Å². The summed E-state index contributed by atoms with van der Waals surface area (Å²) in [6.07, 6.45) is 5.12. The van der Waals surface area contributed by atoms with Gasteiger partial charge in [-0.15, -0.1) is 0 Å². The molecule has 144 valence electrons. The van der Waals surface area contributed by atoms with Gasteiger partial charge in [-0.05, 0) is 24.1 Å². The van der Waals surface area contributed by atoms with Crippen molar-refractivity contribution >= 4 is 18.0 Å². The number of nitrogens with zero attached hydrogens (tertiary/aromatic N) is 2. The Hall–Kier alpha value is -2.76. The number of nitrogens with one attached hydrogen (secondary N) is 1. The Morgan fingerprint density at radius 1 is 1.22 bits per heavy atom. The van der Waals surface area contributed by atoms with Crippen LogP contribution >= 0.6 is 0 Å². The molecule has 2 aliphatic rings. The quantitative estimate of drug-likeness (QED) is 0.891. The molecule has 0 saturated carbocycles. The summed E-state index contributed by atoms with van der Waals surface area (Å²) in [7, 11) is 3.44. The van der Waals surface area contributed by atoms with Crippen LogP contribution in [0.1, 0.15) is 19.4 Å². The number of amides is 3. The fourth-order valence-corrected chi connectivity index (χ4v) is 3.53. The third kappa shape index (κ3) is 4.15. The molecule has 3 amide bonds. The lowest BCUT2D eigenvalue weighted by molar-refractivity contribution is -0.125. The maximum absolute atomic E-state index is 13.1. The van der Waals surface area contributed by atoms with E-state index in [2.05, 4.69) is 19.2 Å². The van der Waals surface area contributed by atoms with Crippen molar-refractivity contribution in [3.8, 4) is 5.75 Å². The van der Waals surface area contributed by atoms with Gasteiger partial charge in [-0.2, -0.15) is 0 Å². The van der Waals surface area contributed by atoms with Crippen LogP contribution < -0.4 is 10.1 Å². The summed E-state index contributed by atoms with van der Waals surface area (Å²) >= 11 is 0. The van der Waals surface area contributed by atoms with Crippen molar-refractivity contribution in [2.24, 2.45) is 11.8 Å². The first kappa shape index (κ1) is 19.0. The molecule has 1 fully saturated rings. The predicted molar refractivity (Wildman–Crippen MR) is 105 cm³/mol. The van der Waals surface area contributed by atoms with Gasteiger partial charge >= 0.3 is 6.03 Å². The standard InChI is InChI=1S/C21H27N3O3/c1-14(2)17-12-24(13-18(17)22-21(26)23(3)4)20(25)16-9-10-27-19-8-6-5-7-15(19)11-16/h5-11,14,17-18H,12-13H2,1-4H3,(H,22,26)/t17-,18+/m0/s1. The topological polar surface area (TPSA) is 61.9 Å². The summed E-state index contributed by atoms with van der Waals surface area (Å²) in [5.41, 5.74) is 1.46. The molecule has 6 heteroatoms. The molecule has 1 N–H and O–H groups in total. The number of carbonyl (C=O) groups is 2. The first-order chi connectivity index (χ1) is 12.9. The molecule has 1 aromatic rings. The number of hydrogen-bond acceptors (Lipinski definition) is 3. The minimum atomic E-state index is -0.129. The van der Waals surface area contributed by atoms with Crippen LogP contribution in [0.25, 0.3) is 6.08 Å². The molecule has 2 atom stereocenters. The minimum Gasteiger partial charge on any atom is -0.464 e. The second-order valence-electron chi connectivity index (χ2n) is 7.63. The Kier molecular flexibility index (Phi) is 5.54. The molecule has 1 saturated heterocycles. The number of rotatable bonds is 3. The van der Waals surface area contributed by atoms with Crippen LogP contribution in [0, 0.1) is 11.8 Å². The molecule has 0 radical (unpaired) electrons. The Morgan fingerprint density at radius 3 is 2.67 bits per heavy atom. The van der Waals surface area contributed by atoms with Crippen molar-refractivity contribution in [2.75, 3.05) is 27.2 Å². The molecule has 27 heavy (non-hydrogen) atoms. The molecule has 2 aliphatic heterocycles. The lowest BCUT2D eigenvalue weighted by atomic mass is 9.91. The fourth-order valence-electron chi connectivity index (χ4n) is 3.53. The van der Waals surface area contributed by atoms with Crippen molar-refractivity contribution in [1.82, 2.24) is 15.1 Å². The fraction of sp³-hybridized carbons (Fsp3) is 0.429. The van der Waals surface area contributed by atoms with E-state index in [4.69, 9.17) is 4.74 Å². The Morgan fingerprint density at radius 2 is 1.96 bits per heavy atom. The number of likely N-dealkylation sites (tertiary alicyclic amines) is 1. The van der Waals surface area contributed by atoms with E-state index in [1.807, 2.05) is 35.2 Å². The lowest BCUT2D eigenvalue weighted by Gasteiger charge is -2.24. The molecule has 0 aliphatic carbocycles. The van der Waals surface area contributed by atoms with Crippen molar-refractivity contribution < 1.29 is 14.3 Å². The van der Waals surface area contributed by atoms with Gasteiger partial charge in [0.1, 0.15) is 5.75 Å². The number of ether oxygens (including phenoxy) is 1. The van der Waals surface area contributed by atoms with E-state index in [1.54, 1.807) is 26.4 Å². The van der Waals surface area contributed by atoms with Crippen LogP contribution in [-0.4, -0.2) is 55.0 Å². The van der Waals surface area contributed by atoms with Crippen LogP contribution in [0.3, 0.4) is 0 Å². The summed E-state index contributed by atoms with van der Waals surface area (Å²) in [6, 6.07) is 7.44. The number of fused-ring (bicyclic) bond motifs is 1. The predicted octanol–water partition coefficient (Wildman–Crippen LogP) is 2.73. The molecule has 2 heterocycles. The average molecular weight is 369 g/mol. The highest BCUT2D eigenvalue weighted by molar-refractivity contribution is 6.01. The van der Waals surface area contributed by atoms with E-state index in [0.717, 1.165) is 11.3 Å². The molecule has 0 aromatic heterocycles. The highest BCUT2D eigenvalue weighted by atomic mass is 16.5. The van der Waals surface area contributed by atoms with E-state index >= 15 is 0 Å². The van der Waals surface area contributed by atoms with Gasteiger partial charge in [-0.25, -0.2) is 4.79 Å². The van der Waals surface area contributed by atoms with Gasteiger partial charge in [-0.1, -0.05) is 32.0 Å². The minimum absolute atomic E-state index is 0.0428. The Bertz CT molecular complexity index is 783. The maximum Gasteiger partial charge on any atom is 0.317 e. The van der Waals surface area contributed by atoms with Crippen LogP contribution in [0.5, 0.6) is 5.75 Å². The second-order valence-corrected chi connectivity index (χ2v) is 7.63. The summed E-state index contributed by atoms with van der Waals surface area (Å²) in [6.45, 7) is 5.39. The molecule has 1 aromatic carbocycles. The smallest absolute Gasteiger partial charge is 0.317 e. The maximum atomic E-state index is 13.1. The summed E-state index contributed by atoms with van der Waals surface area (Å²) in [4.78, 5) is 28.6. The van der Waals surface area contributed by atoms with E-state index in [-0.39, 0.29) is 23.9 Å². The number of hydrogen-bond donors (Lipinski definition) is 1. The zero-order chi connectivity index (χ0) is 19.6. The van der Waals surface area contributed by atoms with Crippen LogP contribution in [0.2, 0.25) is 0 Å². The van der Waals surface area contributed by atoms with Crippen LogP contribution in [0.15, 0.2) is 42.2 Å². The molecule has 0 unspecified atom stereocenters. The summed E-state index contributed by atoms with van der Waals surface area (Å²) in [5.74, 6) is 1.27.